The van der Waals surface area contributed by atoms with E-state index in [0.29, 0.717) is 17.3 Å². The fraction of sp³-hybridized carbons (Fsp3) is 0.500. The highest BCUT2D eigenvalue weighted by molar-refractivity contribution is 6.30. The van der Waals surface area contributed by atoms with Gasteiger partial charge in [-0.25, -0.2) is 0 Å². The second kappa shape index (κ2) is 8.77. The molecule has 2 N–H and O–H groups in total. The number of halogens is 1. The maximum absolute atomic E-state index is 11.5. The molecule has 1 atom stereocenters. The van der Waals surface area contributed by atoms with Gasteiger partial charge in [0.15, 0.2) is 6.61 Å². The minimum absolute atomic E-state index is 0.00279. The Kier molecular flexibility index (Phi) is 7.30. The highest BCUT2D eigenvalue weighted by Crippen LogP contribution is 2.15. The normalized spacial score (nSPS) is 11.9. The summed E-state index contributed by atoms with van der Waals surface area (Å²) >= 11 is 5.74. The number of nitrogens with one attached hydrogen (secondary N) is 1. The number of rotatable bonds is 8. The van der Waals surface area contributed by atoms with Gasteiger partial charge in [-0.2, -0.15) is 0 Å². The van der Waals surface area contributed by atoms with Crippen molar-refractivity contribution in [1.29, 1.82) is 0 Å². The number of carbonyl (C=O) groups excluding carboxylic acids is 1. The molecule has 5 heteroatoms. The largest absolute Gasteiger partial charge is 0.484 e. The zero-order chi connectivity index (χ0) is 14.1. The predicted octanol–water partition coefficient (Wildman–Crippen LogP) is 2.24. The Bertz CT molecular complexity index is 381. The highest BCUT2D eigenvalue weighted by Gasteiger charge is 2.03. The summed E-state index contributed by atoms with van der Waals surface area (Å²) in [6.07, 6.45) is 1.75. The molecule has 4 nitrogen and oxygen atoms in total. The second-order valence-corrected chi connectivity index (χ2v) is 4.96. The molecule has 0 bridgehead atoms. The Morgan fingerprint density at radius 2 is 2.11 bits per heavy atom. The number of aliphatic hydroxyl groups excluding tert-OH is 1. The molecule has 0 aliphatic heterocycles. The maximum Gasteiger partial charge on any atom is 0.257 e. The molecule has 0 aromatic heterocycles. The van der Waals surface area contributed by atoms with Gasteiger partial charge >= 0.3 is 0 Å². The number of carbonyl (C=O) groups is 1. The Balaban J connectivity index is 2.12. The molecule has 0 spiro atoms. The van der Waals surface area contributed by atoms with E-state index in [1.807, 2.05) is 6.92 Å². The molecule has 0 aliphatic carbocycles. The van der Waals surface area contributed by atoms with Crippen LogP contribution >= 0.6 is 11.6 Å². The van der Waals surface area contributed by atoms with Crippen LogP contribution in [-0.2, 0) is 4.79 Å². The summed E-state index contributed by atoms with van der Waals surface area (Å²) in [5.41, 5.74) is 0. The zero-order valence-electron chi connectivity index (χ0n) is 11.1. The molecule has 19 heavy (non-hydrogen) atoms. The summed E-state index contributed by atoms with van der Waals surface area (Å²) in [7, 11) is 0. The maximum atomic E-state index is 11.5. The first-order valence-corrected chi connectivity index (χ1v) is 6.75. The standard InChI is InChI=1S/C14H20ClNO3/c1-11(9-17)3-2-8-16-14(18)10-19-13-6-4-12(15)5-7-13/h4-7,11,17H,2-3,8-10H2,1H3,(H,16,18). The Morgan fingerprint density at radius 3 is 2.74 bits per heavy atom. The first-order valence-electron chi connectivity index (χ1n) is 6.37. The van der Waals surface area contributed by atoms with Gasteiger partial charge in [0, 0.05) is 18.2 Å². The summed E-state index contributed by atoms with van der Waals surface area (Å²) in [5, 5.41) is 12.3. The van der Waals surface area contributed by atoms with E-state index >= 15 is 0 Å². The fourth-order valence-electron chi connectivity index (χ4n) is 1.50. The van der Waals surface area contributed by atoms with E-state index < -0.39 is 0 Å². The molecule has 1 aromatic rings. The molecular weight excluding hydrogens is 266 g/mol. The molecule has 0 radical (unpaired) electrons. The van der Waals surface area contributed by atoms with E-state index in [1.54, 1.807) is 24.3 Å². The van der Waals surface area contributed by atoms with Gasteiger partial charge in [0.1, 0.15) is 5.75 Å². The van der Waals surface area contributed by atoms with E-state index in [-0.39, 0.29) is 25.0 Å². The van der Waals surface area contributed by atoms with Crippen molar-refractivity contribution in [2.24, 2.45) is 5.92 Å². The molecule has 0 saturated heterocycles. The lowest BCUT2D eigenvalue weighted by molar-refractivity contribution is -0.123. The van der Waals surface area contributed by atoms with Crippen LogP contribution in [-0.4, -0.2) is 30.8 Å². The SMILES string of the molecule is CC(CO)CCCNC(=O)COc1ccc(Cl)cc1. The van der Waals surface area contributed by atoms with Gasteiger partial charge in [-0.05, 0) is 43.0 Å². The number of hydrogen-bond donors (Lipinski definition) is 2. The van der Waals surface area contributed by atoms with Gasteiger partial charge < -0.3 is 15.2 Å². The molecule has 0 aliphatic rings. The van der Waals surface area contributed by atoms with Gasteiger partial charge in [0.2, 0.25) is 0 Å². The molecule has 106 valence electrons. The third-order valence-corrected chi connectivity index (χ3v) is 2.94. The fourth-order valence-corrected chi connectivity index (χ4v) is 1.63. The van der Waals surface area contributed by atoms with Crippen LogP contribution in [0.15, 0.2) is 24.3 Å². The van der Waals surface area contributed by atoms with Crippen LogP contribution in [0.2, 0.25) is 5.02 Å². The number of ether oxygens (including phenoxy) is 1. The number of benzene rings is 1. The van der Waals surface area contributed by atoms with Crippen molar-refractivity contribution in [2.75, 3.05) is 19.8 Å². The minimum Gasteiger partial charge on any atom is -0.484 e. The van der Waals surface area contributed by atoms with Gasteiger partial charge in [0.25, 0.3) is 5.91 Å². The van der Waals surface area contributed by atoms with E-state index in [1.165, 1.54) is 0 Å². The molecule has 0 fully saturated rings. The van der Waals surface area contributed by atoms with E-state index in [4.69, 9.17) is 21.4 Å². The van der Waals surface area contributed by atoms with Crippen molar-refractivity contribution in [3.63, 3.8) is 0 Å². The van der Waals surface area contributed by atoms with Crippen LogP contribution in [0.1, 0.15) is 19.8 Å². The van der Waals surface area contributed by atoms with E-state index in [2.05, 4.69) is 5.32 Å². The van der Waals surface area contributed by atoms with Gasteiger partial charge in [-0.15, -0.1) is 0 Å². The third-order valence-electron chi connectivity index (χ3n) is 2.69. The minimum atomic E-state index is -0.147. The van der Waals surface area contributed by atoms with Crippen molar-refractivity contribution in [1.82, 2.24) is 5.32 Å². The summed E-state index contributed by atoms with van der Waals surface area (Å²) in [5.74, 6) is 0.752. The highest BCUT2D eigenvalue weighted by atomic mass is 35.5. The quantitative estimate of drug-likeness (QED) is 0.720. The van der Waals surface area contributed by atoms with Crippen LogP contribution in [0, 0.1) is 5.92 Å². The summed E-state index contributed by atoms with van der Waals surface area (Å²) in [4.78, 5) is 11.5. The number of amides is 1. The van der Waals surface area contributed by atoms with Crippen molar-refractivity contribution in [3.8, 4) is 5.75 Å². The summed E-state index contributed by atoms with van der Waals surface area (Å²) in [6.45, 7) is 2.77. The third kappa shape index (κ3) is 7.03. The topological polar surface area (TPSA) is 58.6 Å². The van der Waals surface area contributed by atoms with Crippen LogP contribution in [0.5, 0.6) is 5.75 Å². The van der Waals surface area contributed by atoms with Gasteiger partial charge in [0.05, 0.1) is 0 Å². The molecule has 0 heterocycles. The zero-order valence-corrected chi connectivity index (χ0v) is 11.8. The van der Waals surface area contributed by atoms with Crippen molar-refractivity contribution in [3.05, 3.63) is 29.3 Å². The van der Waals surface area contributed by atoms with Crippen LogP contribution in [0.3, 0.4) is 0 Å². The first-order chi connectivity index (χ1) is 9.11. The Hall–Kier alpha value is -1.26. The van der Waals surface area contributed by atoms with Gasteiger partial charge in [-0.3, -0.25) is 4.79 Å². The van der Waals surface area contributed by atoms with Crippen LogP contribution in [0.4, 0.5) is 0 Å². The molecule has 0 saturated carbocycles. The molecule has 1 aromatic carbocycles. The lowest BCUT2D eigenvalue weighted by Gasteiger charge is -2.09. The van der Waals surface area contributed by atoms with Crippen LogP contribution in [0.25, 0.3) is 0 Å². The molecule has 1 rings (SSSR count). The predicted molar refractivity (Wildman–Crippen MR) is 75.4 cm³/mol. The Morgan fingerprint density at radius 1 is 1.42 bits per heavy atom. The van der Waals surface area contributed by atoms with Crippen molar-refractivity contribution >= 4 is 17.5 Å². The molecule has 1 unspecified atom stereocenters. The average molecular weight is 286 g/mol. The van der Waals surface area contributed by atoms with Gasteiger partial charge in [-0.1, -0.05) is 18.5 Å². The number of aliphatic hydroxyl groups is 1. The molecular formula is C14H20ClNO3. The van der Waals surface area contributed by atoms with Crippen molar-refractivity contribution in [2.45, 2.75) is 19.8 Å². The monoisotopic (exact) mass is 285 g/mol. The summed E-state index contributed by atoms with van der Waals surface area (Å²) in [6, 6.07) is 6.87. The lowest BCUT2D eigenvalue weighted by atomic mass is 10.1. The van der Waals surface area contributed by atoms with Crippen LogP contribution < -0.4 is 10.1 Å². The smallest absolute Gasteiger partial charge is 0.257 e. The summed E-state index contributed by atoms with van der Waals surface area (Å²) < 4.78 is 5.31. The first kappa shape index (κ1) is 15.8. The second-order valence-electron chi connectivity index (χ2n) is 4.52. The van der Waals surface area contributed by atoms with E-state index in [9.17, 15) is 4.79 Å². The lowest BCUT2D eigenvalue weighted by Crippen LogP contribution is -2.29. The molecule has 1 amide bonds. The average Bonchev–Trinajstić information content (AvgIpc) is 2.42. The Labute approximate surface area is 118 Å². The number of hydrogen-bond acceptors (Lipinski definition) is 3. The van der Waals surface area contributed by atoms with E-state index in [0.717, 1.165) is 12.8 Å². The van der Waals surface area contributed by atoms with Crippen molar-refractivity contribution < 1.29 is 14.6 Å².